The van der Waals surface area contributed by atoms with Crippen LogP contribution in [0.1, 0.15) is 27.1 Å². The van der Waals surface area contributed by atoms with Crippen molar-refractivity contribution >= 4 is 55.7 Å². The van der Waals surface area contributed by atoms with Crippen molar-refractivity contribution in [3.05, 3.63) is 96.1 Å². The predicted octanol–water partition coefficient (Wildman–Crippen LogP) is 5.73. The molecule has 0 heterocycles. The highest BCUT2D eigenvalue weighted by atomic mass is 79.9. The quantitative estimate of drug-likeness (QED) is 0.174. The summed E-state index contributed by atoms with van der Waals surface area (Å²) >= 11 is 3.41. The van der Waals surface area contributed by atoms with Crippen molar-refractivity contribution in [1.29, 1.82) is 0 Å². The molecule has 0 radical (unpaired) electrons. The minimum atomic E-state index is -0.786. The number of aldehydes is 1. The van der Waals surface area contributed by atoms with Gasteiger partial charge in [0.25, 0.3) is 0 Å². The zero-order chi connectivity index (χ0) is 23.2. The van der Waals surface area contributed by atoms with Crippen LogP contribution in [0.5, 0.6) is 0 Å². The van der Waals surface area contributed by atoms with Crippen LogP contribution in [0.25, 0.3) is 21.5 Å². The summed E-state index contributed by atoms with van der Waals surface area (Å²) in [5.41, 5.74) is 0.811. The van der Waals surface area contributed by atoms with Gasteiger partial charge in [-0.25, -0.2) is 9.59 Å². The number of rotatable bonds is 8. The van der Waals surface area contributed by atoms with Gasteiger partial charge in [0.05, 0.1) is 16.0 Å². The van der Waals surface area contributed by atoms with Crippen molar-refractivity contribution in [2.75, 3.05) is 6.61 Å². The van der Waals surface area contributed by atoms with Gasteiger partial charge >= 0.3 is 11.9 Å². The Labute approximate surface area is 199 Å². The first-order valence-electron chi connectivity index (χ1n) is 10.5. The molecular weight excluding hydrogens is 484 g/mol. The minimum absolute atomic E-state index is 0.0250. The second-order valence-corrected chi connectivity index (χ2v) is 8.76. The summed E-state index contributed by atoms with van der Waals surface area (Å²) in [7, 11) is 0. The second-order valence-electron chi connectivity index (χ2n) is 7.58. The normalized spacial score (nSPS) is 12.8. The molecule has 0 aliphatic heterocycles. The van der Waals surface area contributed by atoms with Gasteiger partial charge in [-0.3, -0.25) is 0 Å². The second kappa shape index (κ2) is 10.4. The Kier molecular flexibility index (Phi) is 7.15. The summed E-state index contributed by atoms with van der Waals surface area (Å²) in [6.45, 7) is -0.0604. The molecule has 0 N–H and O–H groups in total. The standard InChI is InChI=1S/C27H21BrO5/c28-24(17-32-26(30)22-11-9-18-5-1-3-7-20(18)15-22)25(13-14-29)33-27(31)23-12-10-19-6-2-4-8-21(19)16-23/h1-12,14-16,24-25H,13,17H2/t24-,25-/m1/s1. The molecule has 0 aliphatic carbocycles. The largest absolute Gasteiger partial charge is 0.461 e. The average molecular weight is 505 g/mol. The van der Waals surface area contributed by atoms with E-state index in [1.165, 1.54) is 0 Å². The SMILES string of the molecule is O=CC[C@@H](OC(=O)c1ccc2ccccc2c1)[C@H](Br)COC(=O)c1ccc2ccccc2c1. The fraction of sp³-hybridized carbons (Fsp3) is 0.148. The third-order valence-corrected chi connectivity index (χ3v) is 6.19. The van der Waals surface area contributed by atoms with Crippen LogP contribution in [-0.2, 0) is 14.3 Å². The fourth-order valence-corrected chi connectivity index (χ4v) is 4.00. The fourth-order valence-electron chi connectivity index (χ4n) is 3.55. The molecule has 4 rings (SSSR count). The molecule has 0 aromatic heterocycles. The average Bonchev–Trinajstić information content (AvgIpc) is 2.86. The molecule has 0 fully saturated rings. The minimum Gasteiger partial charge on any atom is -0.461 e. The van der Waals surface area contributed by atoms with Crippen molar-refractivity contribution in [3.8, 4) is 0 Å². The summed E-state index contributed by atoms with van der Waals surface area (Å²) in [5.74, 6) is -1.03. The molecule has 2 atom stereocenters. The van der Waals surface area contributed by atoms with Crippen LogP contribution < -0.4 is 0 Å². The molecule has 0 saturated carbocycles. The lowest BCUT2D eigenvalue weighted by Crippen LogP contribution is -2.32. The number of esters is 2. The maximum Gasteiger partial charge on any atom is 0.338 e. The van der Waals surface area contributed by atoms with E-state index in [0.717, 1.165) is 21.5 Å². The molecular formula is C27H21BrO5. The number of carbonyl (C=O) groups is 3. The molecule has 4 aromatic carbocycles. The third-order valence-electron chi connectivity index (χ3n) is 5.33. The predicted molar refractivity (Wildman–Crippen MR) is 131 cm³/mol. The van der Waals surface area contributed by atoms with Crippen LogP contribution in [0.4, 0.5) is 0 Å². The molecule has 0 unspecified atom stereocenters. The third kappa shape index (κ3) is 5.46. The Bertz CT molecular complexity index is 1320. The molecule has 4 aromatic rings. The van der Waals surface area contributed by atoms with E-state index >= 15 is 0 Å². The molecule has 0 aliphatic rings. The molecule has 0 bridgehead atoms. The Morgan fingerprint density at radius 3 is 1.82 bits per heavy atom. The highest BCUT2D eigenvalue weighted by molar-refractivity contribution is 9.09. The summed E-state index contributed by atoms with van der Waals surface area (Å²) in [4.78, 5) is 35.8. The van der Waals surface area contributed by atoms with Gasteiger partial charge in [0.2, 0.25) is 0 Å². The van der Waals surface area contributed by atoms with E-state index in [0.29, 0.717) is 17.4 Å². The van der Waals surface area contributed by atoms with E-state index in [-0.39, 0.29) is 13.0 Å². The van der Waals surface area contributed by atoms with E-state index in [9.17, 15) is 14.4 Å². The zero-order valence-electron chi connectivity index (χ0n) is 17.6. The van der Waals surface area contributed by atoms with Gasteiger partial charge in [0.15, 0.2) is 0 Å². The Hall–Kier alpha value is -3.51. The van der Waals surface area contributed by atoms with Crippen LogP contribution in [0.2, 0.25) is 0 Å². The van der Waals surface area contributed by atoms with Gasteiger partial charge in [0.1, 0.15) is 19.0 Å². The van der Waals surface area contributed by atoms with Crippen molar-refractivity contribution < 1.29 is 23.9 Å². The molecule has 5 nitrogen and oxygen atoms in total. The van der Waals surface area contributed by atoms with Crippen LogP contribution >= 0.6 is 15.9 Å². The van der Waals surface area contributed by atoms with Crippen molar-refractivity contribution in [3.63, 3.8) is 0 Å². The Morgan fingerprint density at radius 1 is 0.758 bits per heavy atom. The van der Waals surface area contributed by atoms with Crippen LogP contribution in [0.3, 0.4) is 0 Å². The number of fused-ring (bicyclic) bond motifs is 2. The Balaban J connectivity index is 1.40. The zero-order valence-corrected chi connectivity index (χ0v) is 19.2. The lowest BCUT2D eigenvalue weighted by Gasteiger charge is -2.21. The number of carbonyl (C=O) groups excluding carboxylic acids is 3. The van der Waals surface area contributed by atoms with Gasteiger partial charge in [-0.05, 0) is 45.8 Å². The van der Waals surface area contributed by atoms with Crippen LogP contribution in [-0.4, -0.2) is 35.8 Å². The molecule has 6 heteroatoms. The highest BCUT2D eigenvalue weighted by Gasteiger charge is 2.25. The summed E-state index contributed by atoms with van der Waals surface area (Å²) in [5, 5.41) is 3.89. The van der Waals surface area contributed by atoms with Crippen molar-refractivity contribution in [2.45, 2.75) is 17.4 Å². The van der Waals surface area contributed by atoms with E-state index in [4.69, 9.17) is 9.47 Å². The van der Waals surface area contributed by atoms with Crippen molar-refractivity contribution in [2.24, 2.45) is 0 Å². The smallest absolute Gasteiger partial charge is 0.338 e. The first-order chi connectivity index (χ1) is 16.0. The topological polar surface area (TPSA) is 69.7 Å². The molecule has 0 spiro atoms. The van der Waals surface area contributed by atoms with E-state index < -0.39 is 22.9 Å². The maximum absolute atomic E-state index is 12.7. The lowest BCUT2D eigenvalue weighted by atomic mass is 10.1. The first kappa shape index (κ1) is 22.7. The van der Waals surface area contributed by atoms with E-state index in [2.05, 4.69) is 15.9 Å². The van der Waals surface area contributed by atoms with Gasteiger partial charge in [-0.2, -0.15) is 0 Å². The van der Waals surface area contributed by atoms with Gasteiger partial charge in [-0.15, -0.1) is 0 Å². The van der Waals surface area contributed by atoms with Crippen LogP contribution in [0, 0.1) is 0 Å². The number of hydrogen-bond acceptors (Lipinski definition) is 5. The summed E-state index contributed by atoms with van der Waals surface area (Å²) in [6.07, 6.45) is -0.133. The molecule has 0 amide bonds. The summed E-state index contributed by atoms with van der Waals surface area (Å²) in [6, 6.07) is 26.0. The van der Waals surface area contributed by atoms with E-state index in [1.807, 2.05) is 60.7 Å². The van der Waals surface area contributed by atoms with Gasteiger partial charge in [0, 0.05) is 6.42 Å². The number of hydrogen-bond donors (Lipinski definition) is 0. The number of benzene rings is 4. The molecule has 166 valence electrons. The summed E-state index contributed by atoms with van der Waals surface area (Å²) < 4.78 is 11.0. The maximum atomic E-state index is 12.7. The molecule has 33 heavy (non-hydrogen) atoms. The number of halogens is 1. The lowest BCUT2D eigenvalue weighted by molar-refractivity contribution is -0.109. The number of alkyl halides is 1. The highest BCUT2D eigenvalue weighted by Crippen LogP contribution is 2.21. The van der Waals surface area contributed by atoms with Crippen LogP contribution in [0.15, 0.2) is 84.9 Å². The van der Waals surface area contributed by atoms with Gasteiger partial charge < -0.3 is 14.3 Å². The molecule has 0 saturated heterocycles. The Morgan fingerprint density at radius 2 is 1.27 bits per heavy atom. The monoisotopic (exact) mass is 504 g/mol. The first-order valence-corrected chi connectivity index (χ1v) is 11.4. The van der Waals surface area contributed by atoms with E-state index in [1.54, 1.807) is 24.3 Å². The van der Waals surface area contributed by atoms with Crippen molar-refractivity contribution in [1.82, 2.24) is 0 Å². The van der Waals surface area contributed by atoms with Gasteiger partial charge in [-0.1, -0.05) is 76.6 Å². The number of ether oxygens (including phenoxy) is 2.